The average Bonchev–Trinajstić information content (AvgIpc) is 2.56. The first-order chi connectivity index (χ1) is 6.66. The summed E-state index contributed by atoms with van der Waals surface area (Å²) in [7, 11) is 0. The third kappa shape index (κ3) is 1.90. The molecule has 1 aromatic rings. The molecule has 0 radical (unpaired) electrons. The van der Waals surface area contributed by atoms with Crippen LogP contribution >= 0.6 is 11.6 Å². The quantitative estimate of drug-likeness (QED) is 0.626. The lowest BCUT2D eigenvalue weighted by molar-refractivity contribution is 0.561. The van der Waals surface area contributed by atoms with E-state index in [-0.39, 0.29) is 22.9 Å². The van der Waals surface area contributed by atoms with Crippen LogP contribution in [0.25, 0.3) is 0 Å². The monoisotopic (exact) mass is 216 g/mol. The average molecular weight is 217 g/mol. The minimum atomic E-state index is -0.376. The summed E-state index contributed by atoms with van der Waals surface area (Å²) >= 11 is 5.93. The van der Waals surface area contributed by atoms with E-state index in [9.17, 15) is 8.78 Å². The molecule has 76 valence electrons. The predicted octanol–water partition coefficient (Wildman–Crippen LogP) is 3.84. The van der Waals surface area contributed by atoms with Gasteiger partial charge in [0.25, 0.3) is 0 Å². The molecule has 1 saturated carbocycles. The molecule has 0 aliphatic heterocycles. The maximum atomic E-state index is 13.3. The molecule has 1 aliphatic carbocycles. The van der Waals surface area contributed by atoms with Crippen molar-refractivity contribution in [2.24, 2.45) is 0 Å². The third-order valence-corrected chi connectivity index (χ3v) is 3.16. The molecule has 3 heteroatoms. The van der Waals surface area contributed by atoms with Crippen LogP contribution in [0.5, 0.6) is 0 Å². The highest BCUT2D eigenvalue weighted by atomic mass is 35.5. The van der Waals surface area contributed by atoms with Gasteiger partial charge < -0.3 is 0 Å². The van der Waals surface area contributed by atoms with Gasteiger partial charge in [0.15, 0.2) is 0 Å². The van der Waals surface area contributed by atoms with Gasteiger partial charge in [-0.25, -0.2) is 8.78 Å². The van der Waals surface area contributed by atoms with Crippen molar-refractivity contribution in [2.45, 2.75) is 30.6 Å². The van der Waals surface area contributed by atoms with Crippen LogP contribution in [0.1, 0.15) is 30.7 Å². The van der Waals surface area contributed by atoms with E-state index in [1.807, 2.05) is 0 Å². The first kappa shape index (κ1) is 9.91. The zero-order valence-corrected chi connectivity index (χ0v) is 8.40. The zero-order chi connectivity index (χ0) is 10.1. The minimum absolute atomic E-state index is 0.0909. The van der Waals surface area contributed by atoms with E-state index in [2.05, 4.69) is 0 Å². The first-order valence-corrected chi connectivity index (χ1v) is 5.19. The van der Waals surface area contributed by atoms with Crippen LogP contribution in [0.4, 0.5) is 8.78 Å². The highest BCUT2D eigenvalue weighted by Crippen LogP contribution is 2.38. The lowest BCUT2D eigenvalue weighted by Gasteiger charge is -2.10. The molecular formula is C11H11ClF2. The number of halogens is 3. The molecule has 0 heterocycles. The Morgan fingerprint density at radius 2 is 2.00 bits per heavy atom. The minimum Gasteiger partial charge on any atom is -0.207 e. The van der Waals surface area contributed by atoms with Crippen LogP contribution in [0.15, 0.2) is 18.2 Å². The molecule has 0 nitrogen and oxygen atoms in total. The molecule has 0 aromatic heterocycles. The zero-order valence-electron chi connectivity index (χ0n) is 7.64. The summed E-state index contributed by atoms with van der Waals surface area (Å²) in [6.07, 6.45) is 2.50. The Bertz CT molecular complexity index is 338. The number of rotatable bonds is 1. The fourth-order valence-corrected chi connectivity index (χ4v) is 2.38. The molecule has 0 saturated heterocycles. The summed E-state index contributed by atoms with van der Waals surface area (Å²) in [5.41, 5.74) is 0.480. The van der Waals surface area contributed by atoms with Gasteiger partial charge in [0, 0.05) is 5.38 Å². The van der Waals surface area contributed by atoms with E-state index < -0.39 is 0 Å². The second-order valence-electron chi connectivity index (χ2n) is 3.77. The standard InChI is InChI=1S/C11H11ClF2/c12-8-2-1-7(5-8)10-6-9(13)3-4-11(10)14/h3-4,6-8H,1-2,5H2. The lowest BCUT2D eigenvalue weighted by Crippen LogP contribution is -1.99. The van der Waals surface area contributed by atoms with Crippen LogP contribution in [-0.2, 0) is 0 Å². The molecule has 2 rings (SSSR count). The molecule has 0 bridgehead atoms. The van der Waals surface area contributed by atoms with Gasteiger partial charge >= 0.3 is 0 Å². The Morgan fingerprint density at radius 1 is 1.21 bits per heavy atom. The smallest absolute Gasteiger partial charge is 0.126 e. The van der Waals surface area contributed by atoms with Crippen molar-refractivity contribution in [2.75, 3.05) is 0 Å². The Kier molecular flexibility index (Phi) is 2.73. The van der Waals surface area contributed by atoms with Crippen molar-refractivity contribution >= 4 is 11.6 Å². The Morgan fingerprint density at radius 3 is 2.64 bits per heavy atom. The molecule has 14 heavy (non-hydrogen) atoms. The van der Waals surface area contributed by atoms with E-state index in [0.717, 1.165) is 25.3 Å². The number of benzene rings is 1. The van der Waals surface area contributed by atoms with Crippen LogP contribution in [-0.4, -0.2) is 5.38 Å². The molecule has 1 fully saturated rings. The molecule has 1 aromatic carbocycles. The second kappa shape index (κ2) is 3.85. The third-order valence-electron chi connectivity index (χ3n) is 2.77. The molecular weight excluding hydrogens is 206 g/mol. The lowest BCUT2D eigenvalue weighted by atomic mass is 9.97. The van der Waals surface area contributed by atoms with Crippen LogP contribution in [0.3, 0.4) is 0 Å². The number of alkyl halides is 1. The van der Waals surface area contributed by atoms with Gasteiger partial charge in [0.1, 0.15) is 11.6 Å². The van der Waals surface area contributed by atoms with Crippen LogP contribution in [0.2, 0.25) is 0 Å². The van der Waals surface area contributed by atoms with Gasteiger partial charge in [0.2, 0.25) is 0 Å². The second-order valence-corrected chi connectivity index (χ2v) is 4.39. The van der Waals surface area contributed by atoms with Crippen molar-refractivity contribution in [3.63, 3.8) is 0 Å². The van der Waals surface area contributed by atoms with Crippen molar-refractivity contribution in [3.05, 3.63) is 35.4 Å². The van der Waals surface area contributed by atoms with E-state index in [1.165, 1.54) is 12.1 Å². The van der Waals surface area contributed by atoms with Crippen molar-refractivity contribution in [1.29, 1.82) is 0 Å². The molecule has 0 spiro atoms. The van der Waals surface area contributed by atoms with Gasteiger partial charge in [-0.2, -0.15) is 0 Å². The first-order valence-electron chi connectivity index (χ1n) is 4.76. The maximum Gasteiger partial charge on any atom is 0.126 e. The van der Waals surface area contributed by atoms with Gasteiger partial charge in [-0.1, -0.05) is 0 Å². The van der Waals surface area contributed by atoms with Crippen molar-refractivity contribution in [1.82, 2.24) is 0 Å². The summed E-state index contributed by atoms with van der Waals surface area (Å²) in [6.45, 7) is 0. The Hall–Kier alpha value is -0.630. The fourth-order valence-electron chi connectivity index (χ4n) is 2.04. The SMILES string of the molecule is Fc1ccc(F)c(C2CCC(Cl)C2)c1. The highest BCUT2D eigenvalue weighted by molar-refractivity contribution is 6.20. The largest absolute Gasteiger partial charge is 0.207 e. The number of hydrogen-bond donors (Lipinski definition) is 0. The summed E-state index contributed by atoms with van der Waals surface area (Å²) < 4.78 is 26.2. The Labute approximate surface area is 86.9 Å². The highest BCUT2D eigenvalue weighted by Gasteiger charge is 2.26. The normalized spacial score (nSPS) is 26.8. The van der Waals surface area contributed by atoms with E-state index >= 15 is 0 Å². The van der Waals surface area contributed by atoms with Crippen molar-refractivity contribution < 1.29 is 8.78 Å². The molecule has 2 unspecified atom stereocenters. The molecule has 1 aliphatic rings. The van der Waals surface area contributed by atoms with Gasteiger partial charge in [-0.3, -0.25) is 0 Å². The summed E-state index contributed by atoms with van der Waals surface area (Å²) in [5, 5.41) is 0.114. The maximum absolute atomic E-state index is 13.3. The van der Waals surface area contributed by atoms with Gasteiger partial charge in [-0.05, 0) is 48.9 Å². The summed E-state index contributed by atoms with van der Waals surface area (Å²) in [6, 6.07) is 3.62. The van der Waals surface area contributed by atoms with E-state index in [0.29, 0.717) is 5.56 Å². The number of hydrogen-bond acceptors (Lipinski definition) is 0. The van der Waals surface area contributed by atoms with E-state index in [1.54, 1.807) is 0 Å². The van der Waals surface area contributed by atoms with Crippen molar-refractivity contribution in [3.8, 4) is 0 Å². The van der Waals surface area contributed by atoms with E-state index in [4.69, 9.17) is 11.6 Å². The van der Waals surface area contributed by atoms with Gasteiger partial charge in [0.05, 0.1) is 0 Å². The molecule has 0 N–H and O–H groups in total. The Balaban J connectivity index is 2.27. The van der Waals surface area contributed by atoms with Gasteiger partial charge in [-0.15, -0.1) is 11.6 Å². The topological polar surface area (TPSA) is 0 Å². The summed E-state index contributed by atoms with van der Waals surface area (Å²) in [5.74, 6) is -0.602. The predicted molar refractivity (Wildman–Crippen MR) is 52.6 cm³/mol. The molecule has 0 amide bonds. The van der Waals surface area contributed by atoms with Crippen LogP contribution in [0, 0.1) is 11.6 Å². The summed E-state index contributed by atoms with van der Waals surface area (Å²) in [4.78, 5) is 0. The fraction of sp³-hybridized carbons (Fsp3) is 0.455. The molecule has 2 atom stereocenters. The van der Waals surface area contributed by atoms with Crippen LogP contribution < -0.4 is 0 Å².